The van der Waals surface area contributed by atoms with Crippen molar-refractivity contribution < 1.29 is 0 Å². The number of benzene rings is 3. The van der Waals surface area contributed by atoms with E-state index in [0.717, 1.165) is 0 Å². The molecule has 3 aromatic rings. The average Bonchev–Trinajstić information content (AvgIpc) is 2.59. The fourth-order valence-corrected chi connectivity index (χ4v) is 8.63. The third-order valence-electron chi connectivity index (χ3n) is 3.32. The topological polar surface area (TPSA) is 0 Å². The van der Waals surface area contributed by atoms with Crippen molar-refractivity contribution in [1.82, 2.24) is 0 Å². The third-order valence-corrected chi connectivity index (χ3v) is 10.3. The van der Waals surface area contributed by atoms with Crippen molar-refractivity contribution in [3.8, 4) is 0 Å². The Morgan fingerprint density at radius 2 is 0.810 bits per heavy atom. The van der Waals surface area contributed by atoms with Crippen LogP contribution in [0.2, 0.25) is 0 Å². The van der Waals surface area contributed by atoms with Gasteiger partial charge in [0.25, 0.3) is 0 Å². The van der Waals surface area contributed by atoms with E-state index in [-0.39, 0.29) is 0 Å². The molecule has 3 aromatic carbocycles. The van der Waals surface area contributed by atoms with E-state index in [1.54, 1.807) is 0 Å². The van der Waals surface area contributed by atoms with E-state index in [2.05, 4.69) is 72.8 Å². The molecule has 0 spiro atoms. The van der Waals surface area contributed by atoms with E-state index >= 15 is 0 Å². The van der Waals surface area contributed by atoms with Gasteiger partial charge in [0.05, 0.1) is 0 Å². The van der Waals surface area contributed by atoms with E-state index in [4.69, 9.17) is 10.7 Å². The Morgan fingerprint density at radius 3 is 1.05 bits per heavy atom. The summed E-state index contributed by atoms with van der Waals surface area (Å²) < 4.78 is 0. The Morgan fingerprint density at radius 1 is 0.524 bits per heavy atom. The van der Waals surface area contributed by atoms with Gasteiger partial charge in [-0.2, -0.15) is 0 Å². The first-order valence-electron chi connectivity index (χ1n) is 6.67. The lowest BCUT2D eigenvalue weighted by Crippen LogP contribution is -1.97. The van der Waals surface area contributed by atoms with Gasteiger partial charge in [0.2, 0.25) is 0 Å². The molecule has 106 valence electrons. The van der Waals surface area contributed by atoms with Crippen LogP contribution < -0.4 is 0 Å². The van der Waals surface area contributed by atoms with Gasteiger partial charge < -0.3 is 0 Å². The maximum Gasteiger partial charge on any atom is 0.00837 e. The van der Waals surface area contributed by atoms with Crippen molar-refractivity contribution in [2.45, 2.75) is 14.7 Å². The maximum atomic E-state index is 6.48. The fraction of sp³-hybridized carbons (Fsp3) is 0. The van der Waals surface area contributed by atoms with Gasteiger partial charge in [0, 0.05) is 24.7 Å². The minimum absolute atomic E-state index is 1.27. The molecular formula is C18H15ClS2. The lowest BCUT2D eigenvalue weighted by molar-refractivity contribution is 1.32. The van der Waals surface area contributed by atoms with E-state index in [1.807, 2.05) is 18.2 Å². The zero-order valence-corrected chi connectivity index (χ0v) is 13.7. The summed E-state index contributed by atoms with van der Waals surface area (Å²) in [5.41, 5.74) is 0. The van der Waals surface area contributed by atoms with E-state index in [0.29, 0.717) is 0 Å². The van der Waals surface area contributed by atoms with Crippen molar-refractivity contribution in [1.29, 1.82) is 0 Å². The first-order chi connectivity index (χ1) is 10.4. The maximum absolute atomic E-state index is 6.48. The summed E-state index contributed by atoms with van der Waals surface area (Å²) in [6.45, 7) is 0. The molecule has 0 saturated carbocycles. The molecule has 0 fully saturated rings. The van der Waals surface area contributed by atoms with Crippen LogP contribution in [0, 0.1) is 0 Å². The standard InChI is InChI=1S/C18H15ClS2/c19-20-21(16-10-4-1-5-11-16,17-12-6-2-7-13-17)18-14-8-3-9-15-18/h1-15H. The lowest BCUT2D eigenvalue weighted by atomic mass is 10.4. The minimum Gasteiger partial charge on any atom is -0.0960 e. The first kappa shape index (κ1) is 14.6. The zero-order chi connectivity index (χ0) is 14.5. The molecule has 3 rings (SSSR count). The van der Waals surface area contributed by atoms with E-state index in [1.165, 1.54) is 24.7 Å². The van der Waals surface area contributed by atoms with Crippen molar-refractivity contribution in [2.24, 2.45) is 0 Å². The minimum atomic E-state index is -1.49. The summed E-state index contributed by atoms with van der Waals surface area (Å²) >= 11 is 0. The highest BCUT2D eigenvalue weighted by Gasteiger charge is 2.31. The summed E-state index contributed by atoms with van der Waals surface area (Å²) in [4.78, 5) is 3.80. The molecule has 0 radical (unpaired) electrons. The van der Waals surface area contributed by atoms with Gasteiger partial charge in [-0.25, -0.2) is 0 Å². The Bertz CT molecular complexity index is 588. The second kappa shape index (κ2) is 6.61. The second-order valence-electron chi connectivity index (χ2n) is 4.56. The Hall–Kier alpha value is -1.35. The smallest absolute Gasteiger partial charge is 0.00837 e. The molecule has 0 heterocycles. The Kier molecular flexibility index (Phi) is 4.59. The van der Waals surface area contributed by atoms with Crippen LogP contribution in [0.5, 0.6) is 0 Å². The molecule has 0 saturated heterocycles. The predicted molar refractivity (Wildman–Crippen MR) is 95.2 cm³/mol. The largest absolute Gasteiger partial charge is 0.0960 e. The van der Waals surface area contributed by atoms with E-state index in [9.17, 15) is 0 Å². The van der Waals surface area contributed by atoms with Gasteiger partial charge in [-0.3, -0.25) is 0 Å². The molecule has 0 N–H and O–H groups in total. The van der Waals surface area contributed by atoms with Crippen LogP contribution in [0.15, 0.2) is 106 Å². The van der Waals surface area contributed by atoms with Crippen LogP contribution >= 0.6 is 29.7 Å². The second-order valence-corrected chi connectivity index (χ2v) is 10.2. The first-order valence-corrected chi connectivity index (χ1v) is 10.5. The van der Waals surface area contributed by atoms with E-state index < -0.39 is 9.06 Å². The molecule has 0 aliphatic carbocycles. The molecule has 0 unspecified atom stereocenters. The van der Waals surface area contributed by atoms with Crippen molar-refractivity contribution in [2.75, 3.05) is 0 Å². The third kappa shape index (κ3) is 2.71. The molecule has 3 heteroatoms. The monoisotopic (exact) mass is 330 g/mol. The number of hydrogen-bond donors (Lipinski definition) is 0. The number of hydrogen-bond acceptors (Lipinski definition) is 1. The van der Waals surface area contributed by atoms with Crippen LogP contribution in [0.3, 0.4) is 0 Å². The summed E-state index contributed by atoms with van der Waals surface area (Å²) in [6, 6.07) is 31.6. The van der Waals surface area contributed by atoms with Crippen molar-refractivity contribution in [3.63, 3.8) is 0 Å². The van der Waals surface area contributed by atoms with Crippen LogP contribution in [0.1, 0.15) is 0 Å². The highest BCUT2D eigenvalue weighted by Crippen LogP contribution is 2.77. The van der Waals surface area contributed by atoms with Crippen LogP contribution in [-0.2, 0) is 0 Å². The highest BCUT2D eigenvalue weighted by molar-refractivity contribution is 9.00. The van der Waals surface area contributed by atoms with Gasteiger partial charge in [0.15, 0.2) is 0 Å². The molecule has 0 bridgehead atoms. The molecule has 21 heavy (non-hydrogen) atoms. The van der Waals surface area contributed by atoms with Crippen LogP contribution in [0.4, 0.5) is 0 Å². The predicted octanol–water partition coefficient (Wildman–Crippen LogP) is 6.77. The zero-order valence-electron chi connectivity index (χ0n) is 11.4. The van der Waals surface area contributed by atoms with Crippen LogP contribution in [-0.4, -0.2) is 0 Å². The van der Waals surface area contributed by atoms with Gasteiger partial charge in [0.1, 0.15) is 0 Å². The molecule has 0 aliphatic heterocycles. The van der Waals surface area contributed by atoms with Crippen molar-refractivity contribution >= 4 is 29.7 Å². The SMILES string of the molecule is ClSS(c1ccccc1)(c1ccccc1)c1ccccc1. The number of rotatable bonds is 4. The van der Waals surface area contributed by atoms with Crippen LogP contribution in [0.25, 0.3) is 0 Å². The van der Waals surface area contributed by atoms with Crippen molar-refractivity contribution in [3.05, 3.63) is 91.0 Å². The lowest BCUT2D eigenvalue weighted by Gasteiger charge is -2.37. The summed E-state index contributed by atoms with van der Waals surface area (Å²) in [5, 5.41) is 0. The Labute approximate surface area is 135 Å². The average molecular weight is 331 g/mol. The normalized spacial score (nSPS) is 12.0. The highest BCUT2D eigenvalue weighted by atomic mass is 35.7. The Balaban J connectivity index is 2.29. The molecule has 0 atom stereocenters. The molecule has 0 aliphatic rings. The summed E-state index contributed by atoms with van der Waals surface area (Å²) in [7, 11) is 6.43. The molecule has 0 amide bonds. The summed E-state index contributed by atoms with van der Waals surface area (Å²) in [6.07, 6.45) is 0. The van der Waals surface area contributed by atoms with Gasteiger partial charge in [-0.15, -0.1) is 0 Å². The quantitative estimate of drug-likeness (QED) is 0.475. The number of halogens is 1. The molecular weight excluding hydrogens is 316 g/mol. The fourth-order valence-electron chi connectivity index (χ4n) is 2.35. The summed E-state index contributed by atoms with van der Waals surface area (Å²) in [5.74, 6) is 0. The molecule has 0 nitrogen and oxygen atoms in total. The van der Waals surface area contributed by atoms with Gasteiger partial charge in [-0.05, 0) is 47.1 Å². The molecule has 0 aromatic heterocycles. The van der Waals surface area contributed by atoms with Gasteiger partial charge >= 0.3 is 0 Å². The van der Waals surface area contributed by atoms with Gasteiger partial charge in [-0.1, -0.05) is 63.7 Å².